The van der Waals surface area contributed by atoms with Crippen LogP contribution in [0.2, 0.25) is 0 Å². The Balaban J connectivity index is 1.61. The van der Waals surface area contributed by atoms with Crippen LogP contribution >= 0.6 is 27.3 Å². The molecule has 3 rings (SSSR count). The molecule has 1 aliphatic heterocycles. The van der Waals surface area contributed by atoms with Gasteiger partial charge >= 0.3 is 0 Å². The lowest BCUT2D eigenvalue weighted by atomic mass is 10.2. The Hall–Kier alpha value is -0.800. The zero-order valence-corrected chi connectivity index (χ0v) is 15.5. The van der Waals surface area contributed by atoms with E-state index in [1.165, 1.54) is 27.8 Å². The highest BCUT2D eigenvalue weighted by Crippen LogP contribution is 2.29. The van der Waals surface area contributed by atoms with Crippen LogP contribution in [-0.2, 0) is 16.6 Å². The zero-order valence-electron chi connectivity index (χ0n) is 12.3. The van der Waals surface area contributed by atoms with Crippen molar-refractivity contribution in [3.63, 3.8) is 0 Å². The van der Waals surface area contributed by atoms with E-state index in [1.807, 2.05) is 0 Å². The third-order valence-corrected chi connectivity index (χ3v) is 7.78. The number of hydrogen-bond acceptors (Lipinski definition) is 4. The molecule has 8 heteroatoms. The largest absolute Gasteiger partial charge is 0.296 e. The Morgan fingerprint density at radius 1 is 1.04 bits per heavy atom. The Morgan fingerprint density at radius 2 is 1.70 bits per heavy atom. The van der Waals surface area contributed by atoms with Gasteiger partial charge in [-0.3, -0.25) is 4.90 Å². The van der Waals surface area contributed by atoms with Gasteiger partial charge in [-0.15, -0.1) is 11.3 Å². The first-order valence-electron chi connectivity index (χ1n) is 7.17. The highest BCUT2D eigenvalue weighted by atomic mass is 79.9. The van der Waals surface area contributed by atoms with E-state index in [1.54, 1.807) is 24.3 Å². The van der Waals surface area contributed by atoms with Crippen LogP contribution in [0.3, 0.4) is 0 Å². The second-order valence-electron chi connectivity index (χ2n) is 5.37. The van der Waals surface area contributed by atoms with E-state index < -0.39 is 10.0 Å². The molecule has 0 radical (unpaired) electrons. The summed E-state index contributed by atoms with van der Waals surface area (Å²) in [6.07, 6.45) is 0. The van der Waals surface area contributed by atoms with Gasteiger partial charge < -0.3 is 0 Å². The van der Waals surface area contributed by atoms with E-state index >= 15 is 0 Å². The molecule has 0 spiro atoms. The van der Waals surface area contributed by atoms with Gasteiger partial charge in [-0.05, 0) is 45.8 Å². The topological polar surface area (TPSA) is 40.6 Å². The summed E-state index contributed by atoms with van der Waals surface area (Å²) in [6.45, 7) is 2.99. The number of thiophene rings is 1. The van der Waals surface area contributed by atoms with Crippen molar-refractivity contribution >= 4 is 37.3 Å². The first-order chi connectivity index (χ1) is 10.9. The summed E-state index contributed by atoms with van der Waals surface area (Å²) >= 11 is 4.53. The van der Waals surface area contributed by atoms with Crippen molar-refractivity contribution in [2.45, 2.75) is 10.8 Å². The zero-order chi connectivity index (χ0) is 16.4. The number of nitrogens with zero attached hydrogens (tertiary/aromatic N) is 2. The maximum Gasteiger partial charge on any atom is 0.252 e. The number of sulfonamides is 1. The summed E-state index contributed by atoms with van der Waals surface area (Å²) in [5.74, 6) is -0.244. The van der Waals surface area contributed by atoms with Gasteiger partial charge in [0, 0.05) is 32.7 Å². The maximum absolute atomic E-state index is 12.9. The van der Waals surface area contributed by atoms with E-state index in [4.69, 9.17) is 0 Å². The molecule has 0 N–H and O–H groups in total. The van der Waals surface area contributed by atoms with Crippen LogP contribution < -0.4 is 0 Å². The summed E-state index contributed by atoms with van der Waals surface area (Å²) in [6, 6.07) is 9.82. The molecule has 2 aromatic rings. The Morgan fingerprint density at radius 3 is 2.26 bits per heavy atom. The van der Waals surface area contributed by atoms with Crippen molar-refractivity contribution in [2.24, 2.45) is 0 Å². The summed E-state index contributed by atoms with van der Waals surface area (Å²) in [7, 11) is -3.40. The Labute approximate surface area is 147 Å². The number of piperazine rings is 1. The average molecular weight is 419 g/mol. The lowest BCUT2D eigenvalue weighted by molar-refractivity contribution is 0.181. The molecule has 124 valence electrons. The van der Waals surface area contributed by atoms with Crippen LogP contribution in [0.15, 0.2) is 44.4 Å². The monoisotopic (exact) mass is 418 g/mol. The van der Waals surface area contributed by atoms with Crippen LogP contribution in [0, 0.1) is 5.82 Å². The number of halogens is 2. The van der Waals surface area contributed by atoms with Gasteiger partial charge in [-0.25, -0.2) is 12.8 Å². The van der Waals surface area contributed by atoms with Crippen LogP contribution in [0.4, 0.5) is 4.39 Å². The summed E-state index contributed by atoms with van der Waals surface area (Å²) < 4.78 is 40.8. The van der Waals surface area contributed by atoms with Crippen molar-refractivity contribution in [2.75, 3.05) is 26.2 Å². The quantitative estimate of drug-likeness (QED) is 0.765. The van der Waals surface area contributed by atoms with Crippen LogP contribution in [0.25, 0.3) is 0 Å². The average Bonchev–Trinajstić information content (AvgIpc) is 2.98. The normalized spacial score (nSPS) is 17.5. The molecule has 1 saturated heterocycles. The third-order valence-electron chi connectivity index (χ3n) is 3.79. The SMILES string of the molecule is O=S(=O)(c1ccc(Br)s1)N1CCN(Cc2ccc(F)cc2)CC1. The minimum atomic E-state index is -3.40. The van der Waals surface area contributed by atoms with E-state index in [0.717, 1.165) is 9.35 Å². The first kappa shape index (κ1) is 17.0. The fourth-order valence-corrected chi connectivity index (χ4v) is 6.13. The molecule has 1 aliphatic rings. The first-order valence-corrected chi connectivity index (χ1v) is 10.2. The van der Waals surface area contributed by atoms with Crippen molar-refractivity contribution in [3.8, 4) is 0 Å². The fourth-order valence-electron chi connectivity index (χ4n) is 2.54. The summed E-state index contributed by atoms with van der Waals surface area (Å²) in [5.41, 5.74) is 1.03. The van der Waals surface area contributed by atoms with Crippen LogP contribution in [-0.4, -0.2) is 43.8 Å². The third kappa shape index (κ3) is 4.00. The molecule has 2 heterocycles. The van der Waals surface area contributed by atoms with Crippen LogP contribution in [0.1, 0.15) is 5.56 Å². The molecule has 1 fully saturated rings. The number of rotatable bonds is 4. The van der Waals surface area contributed by atoms with Gasteiger partial charge in [-0.1, -0.05) is 12.1 Å². The van der Waals surface area contributed by atoms with Crippen molar-refractivity contribution in [3.05, 3.63) is 51.6 Å². The highest BCUT2D eigenvalue weighted by Gasteiger charge is 2.29. The van der Waals surface area contributed by atoms with Crippen molar-refractivity contribution in [1.29, 1.82) is 0 Å². The molecule has 1 aromatic heterocycles. The van der Waals surface area contributed by atoms with E-state index in [9.17, 15) is 12.8 Å². The van der Waals surface area contributed by atoms with Gasteiger partial charge in [0.2, 0.25) is 0 Å². The number of hydrogen-bond donors (Lipinski definition) is 0. The maximum atomic E-state index is 12.9. The van der Waals surface area contributed by atoms with Crippen molar-refractivity contribution in [1.82, 2.24) is 9.21 Å². The molecule has 0 aliphatic carbocycles. The fraction of sp³-hybridized carbons (Fsp3) is 0.333. The Bertz CT molecular complexity index is 769. The molecule has 23 heavy (non-hydrogen) atoms. The van der Waals surface area contributed by atoms with Gasteiger partial charge in [0.1, 0.15) is 10.0 Å². The minimum Gasteiger partial charge on any atom is -0.296 e. The van der Waals surface area contributed by atoms with E-state index in [-0.39, 0.29) is 5.82 Å². The predicted octanol–water partition coefficient (Wildman–Crippen LogP) is 3.16. The second kappa shape index (κ2) is 6.98. The summed E-state index contributed by atoms with van der Waals surface area (Å²) in [5, 5.41) is 0. The standard InChI is InChI=1S/C15H16BrFN2O2S2/c16-14-5-6-15(22-14)23(20,21)19-9-7-18(8-10-19)11-12-1-3-13(17)4-2-12/h1-6H,7-11H2. The molecule has 0 bridgehead atoms. The molecular formula is C15H16BrFN2O2S2. The summed E-state index contributed by atoms with van der Waals surface area (Å²) in [4.78, 5) is 2.18. The smallest absolute Gasteiger partial charge is 0.252 e. The van der Waals surface area contributed by atoms with Gasteiger partial charge in [-0.2, -0.15) is 4.31 Å². The van der Waals surface area contributed by atoms with E-state index in [2.05, 4.69) is 20.8 Å². The molecule has 0 amide bonds. The lowest BCUT2D eigenvalue weighted by Crippen LogP contribution is -2.48. The molecule has 4 nitrogen and oxygen atoms in total. The lowest BCUT2D eigenvalue weighted by Gasteiger charge is -2.33. The predicted molar refractivity (Wildman–Crippen MR) is 92.5 cm³/mol. The highest BCUT2D eigenvalue weighted by molar-refractivity contribution is 9.11. The van der Waals surface area contributed by atoms with Crippen LogP contribution in [0.5, 0.6) is 0 Å². The molecule has 0 unspecified atom stereocenters. The van der Waals surface area contributed by atoms with Gasteiger partial charge in [0.15, 0.2) is 0 Å². The van der Waals surface area contributed by atoms with E-state index in [0.29, 0.717) is 36.9 Å². The molecule has 0 atom stereocenters. The number of benzene rings is 1. The molecule has 1 aromatic carbocycles. The van der Waals surface area contributed by atoms with Gasteiger partial charge in [0.05, 0.1) is 3.79 Å². The Kier molecular flexibility index (Phi) is 5.17. The second-order valence-corrected chi connectivity index (χ2v) is 9.99. The molecular weight excluding hydrogens is 403 g/mol. The van der Waals surface area contributed by atoms with Crippen molar-refractivity contribution < 1.29 is 12.8 Å². The molecule has 0 saturated carbocycles. The minimum absolute atomic E-state index is 0.244. The van der Waals surface area contributed by atoms with Gasteiger partial charge in [0.25, 0.3) is 10.0 Å².